The molecule has 4 heteroatoms. The van der Waals surface area contributed by atoms with Crippen LogP contribution in [0.1, 0.15) is 25.0 Å². The Balaban J connectivity index is 2.10. The van der Waals surface area contributed by atoms with Crippen LogP contribution >= 0.6 is 11.8 Å². The van der Waals surface area contributed by atoms with Crippen molar-refractivity contribution < 1.29 is 8.78 Å². The second kappa shape index (κ2) is 4.95. The van der Waals surface area contributed by atoms with Crippen LogP contribution in [0.3, 0.4) is 0 Å². The average molecular weight is 303 g/mol. The molecular formula is C17H15F2NS. The smallest absolute Gasteiger partial charge is 0.265 e. The van der Waals surface area contributed by atoms with Crippen molar-refractivity contribution >= 4 is 16.8 Å². The molecule has 0 amide bonds. The Morgan fingerprint density at radius 2 is 1.52 bits per heavy atom. The molecule has 0 unspecified atom stereocenters. The van der Waals surface area contributed by atoms with E-state index in [1.807, 2.05) is 30.3 Å². The van der Waals surface area contributed by atoms with Gasteiger partial charge < -0.3 is 0 Å². The maximum absolute atomic E-state index is 14.6. The molecule has 1 aliphatic heterocycles. The number of hydrogen-bond acceptors (Lipinski definition) is 2. The molecule has 1 heterocycles. The molecule has 0 N–H and O–H groups in total. The monoisotopic (exact) mass is 303 g/mol. The third-order valence-corrected chi connectivity index (χ3v) is 4.62. The van der Waals surface area contributed by atoms with E-state index in [-0.39, 0.29) is 5.56 Å². The van der Waals surface area contributed by atoms with Crippen molar-refractivity contribution in [3.63, 3.8) is 0 Å². The quantitative estimate of drug-likeness (QED) is 0.713. The molecule has 0 saturated carbocycles. The lowest BCUT2D eigenvalue weighted by Gasteiger charge is -2.36. The molecule has 0 aromatic heterocycles. The van der Waals surface area contributed by atoms with Gasteiger partial charge in [-0.2, -0.15) is 8.78 Å². The van der Waals surface area contributed by atoms with Gasteiger partial charge in [-0.3, -0.25) is 4.99 Å². The van der Waals surface area contributed by atoms with Crippen LogP contribution < -0.4 is 0 Å². The van der Waals surface area contributed by atoms with Gasteiger partial charge in [0.15, 0.2) is 0 Å². The van der Waals surface area contributed by atoms with E-state index in [9.17, 15) is 8.78 Å². The summed E-state index contributed by atoms with van der Waals surface area (Å²) in [6.07, 6.45) is 0. The highest BCUT2D eigenvalue weighted by atomic mass is 32.2. The molecule has 0 spiro atoms. The van der Waals surface area contributed by atoms with Crippen LogP contribution in [0.25, 0.3) is 0 Å². The Morgan fingerprint density at radius 3 is 2.24 bits per heavy atom. The lowest BCUT2D eigenvalue weighted by atomic mass is 9.85. The van der Waals surface area contributed by atoms with Gasteiger partial charge in [0.1, 0.15) is 10.6 Å². The molecular weight excluding hydrogens is 288 g/mol. The molecule has 2 aromatic rings. The molecule has 0 saturated heterocycles. The van der Waals surface area contributed by atoms with Crippen LogP contribution in [0.4, 0.5) is 8.78 Å². The Bertz CT molecular complexity index is 693. The molecule has 0 fully saturated rings. The summed E-state index contributed by atoms with van der Waals surface area (Å²) in [5.74, 6) is -2.97. The van der Waals surface area contributed by atoms with Crippen LogP contribution in [0.2, 0.25) is 0 Å². The molecule has 0 radical (unpaired) electrons. The first kappa shape index (κ1) is 14.3. The number of hydrogen-bond donors (Lipinski definition) is 0. The Kier molecular flexibility index (Phi) is 3.36. The zero-order valence-electron chi connectivity index (χ0n) is 11.8. The van der Waals surface area contributed by atoms with Crippen LogP contribution in [-0.2, 0) is 5.92 Å². The van der Waals surface area contributed by atoms with Crippen LogP contribution in [0, 0.1) is 0 Å². The van der Waals surface area contributed by atoms with Crippen molar-refractivity contribution in [3.8, 4) is 0 Å². The standard InChI is InChI=1S/C17H15F2NS/c1-16(2)17(18,19)14-11-7-6-10-13(14)15(20-16)21-12-8-4-3-5-9-12/h3-11H,1-2H3. The summed E-state index contributed by atoms with van der Waals surface area (Å²) in [5.41, 5.74) is -0.863. The maximum atomic E-state index is 14.6. The van der Waals surface area contributed by atoms with Gasteiger partial charge in [0, 0.05) is 16.0 Å². The van der Waals surface area contributed by atoms with E-state index in [1.54, 1.807) is 18.2 Å². The zero-order valence-corrected chi connectivity index (χ0v) is 12.6. The first-order chi connectivity index (χ1) is 9.92. The zero-order chi connectivity index (χ0) is 15.1. The van der Waals surface area contributed by atoms with Gasteiger partial charge in [-0.1, -0.05) is 54.2 Å². The van der Waals surface area contributed by atoms with Gasteiger partial charge in [-0.25, -0.2) is 0 Å². The van der Waals surface area contributed by atoms with Crippen molar-refractivity contribution in [1.29, 1.82) is 0 Å². The largest absolute Gasteiger partial charge is 0.297 e. The lowest BCUT2D eigenvalue weighted by Crippen LogP contribution is -2.43. The number of halogens is 2. The number of fused-ring (bicyclic) bond motifs is 1. The van der Waals surface area contributed by atoms with Gasteiger partial charge in [0.2, 0.25) is 0 Å². The van der Waals surface area contributed by atoms with E-state index in [2.05, 4.69) is 4.99 Å². The molecule has 0 aliphatic carbocycles. The van der Waals surface area contributed by atoms with Crippen molar-refractivity contribution in [3.05, 3.63) is 65.7 Å². The van der Waals surface area contributed by atoms with Gasteiger partial charge in [-0.05, 0) is 26.0 Å². The van der Waals surface area contributed by atoms with Gasteiger partial charge >= 0.3 is 0 Å². The average Bonchev–Trinajstić information content (AvgIpc) is 2.46. The predicted molar refractivity (Wildman–Crippen MR) is 83.3 cm³/mol. The van der Waals surface area contributed by atoms with Crippen LogP contribution in [0.15, 0.2) is 64.5 Å². The summed E-state index contributed by atoms with van der Waals surface area (Å²) in [6.45, 7) is 2.96. The predicted octanol–water partition coefficient (Wildman–Crippen LogP) is 5.11. The van der Waals surface area contributed by atoms with E-state index in [1.165, 1.54) is 31.7 Å². The third-order valence-electron chi connectivity index (χ3n) is 3.60. The molecule has 3 rings (SSSR count). The Morgan fingerprint density at radius 1 is 0.905 bits per heavy atom. The minimum Gasteiger partial charge on any atom is -0.265 e. The van der Waals surface area contributed by atoms with Gasteiger partial charge in [-0.15, -0.1) is 0 Å². The van der Waals surface area contributed by atoms with E-state index < -0.39 is 11.5 Å². The number of alkyl halides is 2. The fraction of sp³-hybridized carbons (Fsp3) is 0.235. The summed E-state index contributed by atoms with van der Waals surface area (Å²) in [4.78, 5) is 5.33. The minimum atomic E-state index is -2.97. The van der Waals surface area contributed by atoms with Crippen molar-refractivity contribution in [2.75, 3.05) is 0 Å². The molecule has 1 aliphatic rings. The van der Waals surface area contributed by atoms with Gasteiger partial charge in [0.25, 0.3) is 5.92 Å². The van der Waals surface area contributed by atoms with Crippen LogP contribution in [0.5, 0.6) is 0 Å². The second-order valence-electron chi connectivity index (χ2n) is 5.51. The van der Waals surface area contributed by atoms with Crippen LogP contribution in [-0.4, -0.2) is 10.6 Å². The summed E-state index contributed by atoms with van der Waals surface area (Å²) in [6, 6.07) is 16.3. The fourth-order valence-corrected chi connectivity index (χ4v) is 3.41. The molecule has 2 aromatic carbocycles. The highest BCUT2D eigenvalue weighted by molar-refractivity contribution is 8.14. The third kappa shape index (κ3) is 2.38. The number of nitrogens with zero attached hydrogens (tertiary/aromatic N) is 1. The minimum absolute atomic E-state index is 0.0587. The summed E-state index contributed by atoms with van der Waals surface area (Å²) >= 11 is 1.43. The van der Waals surface area contributed by atoms with E-state index in [4.69, 9.17) is 0 Å². The van der Waals surface area contributed by atoms with Crippen molar-refractivity contribution in [2.24, 2.45) is 4.99 Å². The summed E-state index contributed by atoms with van der Waals surface area (Å²) in [5, 5.41) is 0.646. The second-order valence-corrected chi connectivity index (χ2v) is 6.57. The summed E-state index contributed by atoms with van der Waals surface area (Å²) < 4.78 is 29.1. The molecule has 0 atom stereocenters. The van der Waals surface area contributed by atoms with Gasteiger partial charge in [0.05, 0.1) is 0 Å². The summed E-state index contributed by atoms with van der Waals surface area (Å²) in [7, 11) is 0. The number of aliphatic imine (C=N–C) groups is 1. The lowest BCUT2D eigenvalue weighted by molar-refractivity contribution is -0.0679. The number of rotatable bonds is 1. The molecule has 0 bridgehead atoms. The Hall–Kier alpha value is -1.68. The van der Waals surface area contributed by atoms with Crippen molar-refractivity contribution in [1.82, 2.24) is 0 Å². The highest BCUT2D eigenvalue weighted by Crippen LogP contribution is 2.47. The first-order valence-electron chi connectivity index (χ1n) is 6.72. The SMILES string of the molecule is CC1(C)N=C(Sc2ccccc2)c2ccccc2C1(F)F. The van der Waals surface area contributed by atoms with E-state index in [0.717, 1.165) is 4.90 Å². The van der Waals surface area contributed by atoms with E-state index >= 15 is 0 Å². The number of thioether (sulfide) groups is 1. The number of benzene rings is 2. The fourth-order valence-electron chi connectivity index (χ4n) is 2.34. The van der Waals surface area contributed by atoms with E-state index in [0.29, 0.717) is 10.6 Å². The molecule has 1 nitrogen and oxygen atoms in total. The topological polar surface area (TPSA) is 12.4 Å². The Labute approximate surface area is 127 Å². The molecule has 21 heavy (non-hydrogen) atoms. The highest BCUT2D eigenvalue weighted by Gasteiger charge is 2.52. The van der Waals surface area contributed by atoms with Crippen molar-refractivity contribution in [2.45, 2.75) is 30.2 Å². The maximum Gasteiger partial charge on any atom is 0.297 e. The normalized spacial score (nSPS) is 18.8. The first-order valence-corrected chi connectivity index (χ1v) is 7.54. The molecule has 108 valence electrons.